The van der Waals surface area contributed by atoms with Crippen molar-refractivity contribution in [3.05, 3.63) is 29.6 Å². The van der Waals surface area contributed by atoms with Crippen molar-refractivity contribution in [1.29, 1.82) is 0 Å². The van der Waals surface area contributed by atoms with E-state index in [1.807, 2.05) is 24.0 Å². The quantitative estimate of drug-likeness (QED) is 0.731. The van der Waals surface area contributed by atoms with Crippen LogP contribution >= 0.6 is 0 Å². The molecular formula is C12H19N3O2. The second-order valence-electron chi connectivity index (χ2n) is 3.74. The lowest BCUT2D eigenvalue weighted by molar-refractivity contribution is -0.142. The van der Waals surface area contributed by atoms with Gasteiger partial charge in [-0.15, -0.1) is 0 Å². The molecule has 0 aromatic carbocycles. The molecule has 0 saturated heterocycles. The van der Waals surface area contributed by atoms with Crippen molar-refractivity contribution in [2.24, 2.45) is 5.73 Å². The molecule has 1 aromatic rings. The van der Waals surface area contributed by atoms with Crippen molar-refractivity contribution in [2.75, 3.05) is 20.2 Å². The van der Waals surface area contributed by atoms with Crippen molar-refractivity contribution < 1.29 is 9.53 Å². The molecule has 1 rings (SSSR count). The van der Waals surface area contributed by atoms with Gasteiger partial charge in [0.1, 0.15) is 0 Å². The number of carbonyl (C=O) groups excluding carboxylic acids is 1. The van der Waals surface area contributed by atoms with Gasteiger partial charge < -0.3 is 10.5 Å². The van der Waals surface area contributed by atoms with Gasteiger partial charge in [-0.3, -0.25) is 14.7 Å². The van der Waals surface area contributed by atoms with Gasteiger partial charge in [0.05, 0.1) is 19.3 Å². The van der Waals surface area contributed by atoms with Crippen LogP contribution in [0.5, 0.6) is 0 Å². The highest BCUT2D eigenvalue weighted by molar-refractivity contribution is 5.71. The Morgan fingerprint density at radius 1 is 1.59 bits per heavy atom. The van der Waals surface area contributed by atoms with Gasteiger partial charge >= 0.3 is 5.97 Å². The molecule has 0 aliphatic carbocycles. The minimum atomic E-state index is -0.222. The first-order valence-corrected chi connectivity index (χ1v) is 5.62. The van der Waals surface area contributed by atoms with E-state index in [0.29, 0.717) is 19.6 Å². The number of nitrogens with two attached hydrogens (primary N) is 1. The maximum Gasteiger partial charge on any atom is 0.319 e. The summed E-state index contributed by atoms with van der Waals surface area (Å²) >= 11 is 0. The third kappa shape index (κ3) is 4.50. The number of nitrogens with zero attached hydrogens (tertiary/aromatic N) is 2. The highest BCUT2D eigenvalue weighted by atomic mass is 16.5. The van der Waals surface area contributed by atoms with E-state index in [-0.39, 0.29) is 5.97 Å². The Morgan fingerprint density at radius 3 is 2.94 bits per heavy atom. The van der Waals surface area contributed by atoms with E-state index in [1.165, 1.54) is 7.11 Å². The van der Waals surface area contributed by atoms with E-state index in [4.69, 9.17) is 5.73 Å². The summed E-state index contributed by atoms with van der Waals surface area (Å²) in [5.74, 6) is -0.222. The molecule has 5 nitrogen and oxygen atoms in total. The molecule has 94 valence electrons. The van der Waals surface area contributed by atoms with Crippen LogP contribution in [0.25, 0.3) is 0 Å². The van der Waals surface area contributed by atoms with Gasteiger partial charge in [0.15, 0.2) is 0 Å². The number of rotatable bonds is 6. The average molecular weight is 237 g/mol. The second kappa shape index (κ2) is 6.98. The van der Waals surface area contributed by atoms with Gasteiger partial charge in [0.25, 0.3) is 0 Å². The molecule has 0 bridgehead atoms. The van der Waals surface area contributed by atoms with Crippen LogP contribution in [0.2, 0.25) is 0 Å². The number of hydrogen-bond donors (Lipinski definition) is 1. The molecule has 5 heteroatoms. The van der Waals surface area contributed by atoms with Gasteiger partial charge in [-0.25, -0.2) is 0 Å². The molecule has 0 atom stereocenters. The summed E-state index contributed by atoms with van der Waals surface area (Å²) < 4.78 is 4.65. The first-order valence-electron chi connectivity index (χ1n) is 5.62. The summed E-state index contributed by atoms with van der Waals surface area (Å²) in [5, 5.41) is 0. The zero-order chi connectivity index (χ0) is 12.7. The van der Waals surface area contributed by atoms with Crippen molar-refractivity contribution in [3.8, 4) is 0 Å². The predicted octanol–water partition coefficient (Wildman–Crippen LogP) is 0.535. The normalized spacial score (nSPS) is 10.6. The second-order valence-corrected chi connectivity index (χ2v) is 3.74. The maximum atomic E-state index is 11.2. The Morgan fingerprint density at radius 2 is 2.35 bits per heavy atom. The van der Waals surface area contributed by atoms with Gasteiger partial charge in [-0.05, 0) is 24.2 Å². The lowest BCUT2D eigenvalue weighted by atomic mass is 10.2. The van der Waals surface area contributed by atoms with Crippen LogP contribution in [-0.4, -0.2) is 36.1 Å². The smallest absolute Gasteiger partial charge is 0.319 e. The fraction of sp³-hybridized carbons (Fsp3) is 0.500. The van der Waals surface area contributed by atoms with Crippen LogP contribution in [-0.2, 0) is 22.6 Å². The number of hydrogen-bond acceptors (Lipinski definition) is 5. The van der Waals surface area contributed by atoms with Crippen LogP contribution < -0.4 is 5.73 Å². The largest absolute Gasteiger partial charge is 0.468 e. The first kappa shape index (κ1) is 13.6. The minimum absolute atomic E-state index is 0.222. The standard InChI is InChI=1S/C12H19N3O2/c1-3-15(9-12(16)17-2)8-10-4-5-14-11(6-10)7-13/h4-6H,3,7-9,13H2,1-2H3. The van der Waals surface area contributed by atoms with Crippen molar-refractivity contribution in [2.45, 2.75) is 20.0 Å². The molecule has 0 fully saturated rings. The maximum absolute atomic E-state index is 11.2. The Hall–Kier alpha value is -1.46. The highest BCUT2D eigenvalue weighted by Gasteiger charge is 2.09. The number of ether oxygens (including phenoxy) is 1. The highest BCUT2D eigenvalue weighted by Crippen LogP contribution is 2.05. The van der Waals surface area contributed by atoms with Gasteiger partial charge in [0, 0.05) is 19.3 Å². The molecule has 2 N–H and O–H groups in total. The molecule has 1 heterocycles. The molecule has 0 aliphatic rings. The summed E-state index contributed by atoms with van der Waals surface area (Å²) in [6, 6.07) is 3.89. The average Bonchev–Trinajstić information content (AvgIpc) is 2.37. The minimum Gasteiger partial charge on any atom is -0.468 e. The molecular weight excluding hydrogens is 218 g/mol. The predicted molar refractivity (Wildman–Crippen MR) is 65.1 cm³/mol. The van der Waals surface area contributed by atoms with Gasteiger partial charge in [0.2, 0.25) is 0 Å². The zero-order valence-corrected chi connectivity index (χ0v) is 10.3. The van der Waals surface area contributed by atoms with E-state index in [9.17, 15) is 4.79 Å². The number of aromatic nitrogens is 1. The number of carbonyl (C=O) groups is 1. The van der Waals surface area contributed by atoms with Crippen LogP contribution in [0.4, 0.5) is 0 Å². The topological polar surface area (TPSA) is 68.5 Å². The van der Waals surface area contributed by atoms with Crippen molar-refractivity contribution in [1.82, 2.24) is 9.88 Å². The summed E-state index contributed by atoms with van der Waals surface area (Å²) in [6.07, 6.45) is 1.74. The van der Waals surface area contributed by atoms with E-state index in [1.54, 1.807) is 6.20 Å². The lowest BCUT2D eigenvalue weighted by Gasteiger charge is -2.19. The number of likely N-dealkylation sites (N-methyl/N-ethyl adjacent to an activating group) is 1. The number of pyridine rings is 1. The lowest BCUT2D eigenvalue weighted by Crippen LogP contribution is -2.30. The summed E-state index contributed by atoms with van der Waals surface area (Å²) in [5.41, 5.74) is 7.50. The fourth-order valence-electron chi connectivity index (χ4n) is 1.52. The third-order valence-corrected chi connectivity index (χ3v) is 2.52. The monoisotopic (exact) mass is 237 g/mol. The van der Waals surface area contributed by atoms with Crippen LogP contribution in [0.15, 0.2) is 18.3 Å². The molecule has 0 amide bonds. The van der Waals surface area contributed by atoms with Gasteiger partial charge in [-0.1, -0.05) is 6.92 Å². The molecule has 0 aliphatic heterocycles. The molecule has 1 aromatic heterocycles. The summed E-state index contributed by atoms with van der Waals surface area (Å²) in [6.45, 7) is 4.22. The first-order chi connectivity index (χ1) is 8.19. The van der Waals surface area contributed by atoms with Crippen molar-refractivity contribution >= 4 is 5.97 Å². The molecule has 17 heavy (non-hydrogen) atoms. The van der Waals surface area contributed by atoms with E-state index < -0.39 is 0 Å². The molecule has 0 unspecified atom stereocenters. The van der Waals surface area contributed by atoms with E-state index in [2.05, 4.69) is 9.72 Å². The third-order valence-electron chi connectivity index (χ3n) is 2.52. The molecule has 0 saturated carbocycles. The van der Waals surface area contributed by atoms with E-state index >= 15 is 0 Å². The SMILES string of the molecule is CCN(CC(=O)OC)Cc1ccnc(CN)c1. The van der Waals surface area contributed by atoms with Crippen LogP contribution in [0.3, 0.4) is 0 Å². The summed E-state index contributed by atoms with van der Waals surface area (Å²) in [4.78, 5) is 17.3. The molecule has 0 radical (unpaired) electrons. The Balaban J connectivity index is 2.63. The summed E-state index contributed by atoms with van der Waals surface area (Å²) in [7, 11) is 1.40. The van der Waals surface area contributed by atoms with Gasteiger partial charge in [-0.2, -0.15) is 0 Å². The number of esters is 1. The van der Waals surface area contributed by atoms with E-state index in [0.717, 1.165) is 17.8 Å². The zero-order valence-electron chi connectivity index (χ0n) is 10.3. The molecule has 0 spiro atoms. The Kier molecular flexibility index (Phi) is 5.59. The Labute approximate surface area is 102 Å². The number of methoxy groups -OCH3 is 1. The Bertz CT molecular complexity index is 369. The van der Waals surface area contributed by atoms with Crippen LogP contribution in [0.1, 0.15) is 18.2 Å². The van der Waals surface area contributed by atoms with Crippen LogP contribution in [0, 0.1) is 0 Å². The van der Waals surface area contributed by atoms with Crippen molar-refractivity contribution in [3.63, 3.8) is 0 Å². The fourth-order valence-corrected chi connectivity index (χ4v) is 1.52.